The van der Waals surface area contributed by atoms with Gasteiger partial charge in [-0.3, -0.25) is 4.79 Å². The van der Waals surface area contributed by atoms with Crippen LogP contribution in [0.15, 0.2) is 49.1 Å². The number of ether oxygens (including phenoxy) is 2. The standard InChI is InChI=1S/C34H40N6O3/c1-5-31(41)40-18-17-39(20-26(40)19-35-4)33-28-15-16-38(30-14-7-11-25-10-6-9-23(2)32(25)30)21-29(28)36-34(37-33)43-24(3)22-42-27-12-8-13-27/h5-7,9-11,14,24,26-27H,1,8,12-13,15-22H2,2-3H3/t24-,26-/m0/s1. The van der Waals surface area contributed by atoms with Crippen molar-refractivity contribution in [2.24, 2.45) is 0 Å². The first kappa shape index (κ1) is 28.9. The van der Waals surface area contributed by atoms with Gasteiger partial charge >= 0.3 is 6.01 Å². The molecule has 0 unspecified atom stereocenters. The Morgan fingerprint density at radius 1 is 1.16 bits per heavy atom. The molecule has 2 atom stereocenters. The van der Waals surface area contributed by atoms with E-state index < -0.39 is 0 Å². The first-order valence-corrected chi connectivity index (χ1v) is 15.4. The summed E-state index contributed by atoms with van der Waals surface area (Å²) in [7, 11) is 0. The maximum Gasteiger partial charge on any atom is 0.319 e. The van der Waals surface area contributed by atoms with E-state index in [-0.39, 0.29) is 24.6 Å². The molecule has 0 radical (unpaired) electrons. The lowest BCUT2D eigenvalue weighted by atomic mass is 9.96. The van der Waals surface area contributed by atoms with Crippen molar-refractivity contribution in [3.05, 3.63) is 77.3 Å². The minimum absolute atomic E-state index is 0.136. The molecule has 2 aromatic carbocycles. The second-order valence-electron chi connectivity index (χ2n) is 11.9. The van der Waals surface area contributed by atoms with Gasteiger partial charge in [-0.05, 0) is 62.6 Å². The van der Waals surface area contributed by atoms with Gasteiger partial charge in [0, 0.05) is 42.8 Å². The topological polar surface area (TPSA) is 75.4 Å². The van der Waals surface area contributed by atoms with E-state index in [0.29, 0.717) is 44.9 Å². The Morgan fingerprint density at radius 2 is 1.98 bits per heavy atom. The second kappa shape index (κ2) is 12.6. The highest BCUT2D eigenvalue weighted by atomic mass is 16.5. The Labute approximate surface area is 253 Å². The molecule has 1 aliphatic carbocycles. The van der Waals surface area contributed by atoms with Crippen LogP contribution in [0.5, 0.6) is 6.01 Å². The summed E-state index contributed by atoms with van der Waals surface area (Å²) < 4.78 is 12.3. The fourth-order valence-corrected chi connectivity index (χ4v) is 6.42. The SMILES string of the molecule is [C-]#[N+]C[C@H]1CN(c2nc(O[C@@H](C)COC3CCC3)nc3c2CCN(c2cccc4cccc(C)c24)C3)CCN1C(=O)C=C. The van der Waals surface area contributed by atoms with Crippen molar-refractivity contribution in [1.29, 1.82) is 0 Å². The molecule has 0 spiro atoms. The summed E-state index contributed by atoms with van der Waals surface area (Å²) in [4.78, 5) is 32.5. The first-order chi connectivity index (χ1) is 20.9. The monoisotopic (exact) mass is 580 g/mol. The van der Waals surface area contributed by atoms with Crippen molar-refractivity contribution in [1.82, 2.24) is 14.9 Å². The minimum atomic E-state index is -0.236. The molecule has 3 aromatic rings. The number of benzene rings is 2. The average Bonchev–Trinajstić information content (AvgIpc) is 2.99. The van der Waals surface area contributed by atoms with E-state index in [1.807, 2.05) is 6.92 Å². The molecular weight excluding hydrogens is 540 g/mol. The van der Waals surface area contributed by atoms with E-state index in [0.717, 1.165) is 42.9 Å². The van der Waals surface area contributed by atoms with Crippen molar-refractivity contribution in [3.8, 4) is 6.01 Å². The summed E-state index contributed by atoms with van der Waals surface area (Å²) >= 11 is 0. The molecule has 2 fully saturated rings. The number of aromatic nitrogens is 2. The lowest BCUT2D eigenvalue weighted by Crippen LogP contribution is -2.56. The molecule has 1 saturated carbocycles. The van der Waals surface area contributed by atoms with E-state index in [1.165, 1.54) is 34.5 Å². The lowest BCUT2D eigenvalue weighted by molar-refractivity contribution is -0.128. The molecule has 6 rings (SSSR count). The number of amides is 1. The van der Waals surface area contributed by atoms with Crippen LogP contribution in [-0.2, 0) is 22.5 Å². The average molecular weight is 581 g/mol. The summed E-state index contributed by atoms with van der Waals surface area (Å²) in [5.74, 6) is 0.713. The van der Waals surface area contributed by atoms with Gasteiger partial charge in [0.1, 0.15) is 18.0 Å². The van der Waals surface area contributed by atoms with Crippen LogP contribution in [0.2, 0.25) is 0 Å². The highest BCUT2D eigenvalue weighted by Crippen LogP contribution is 2.36. The number of hydrogen-bond acceptors (Lipinski definition) is 7. The zero-order valence-electron chi connectivity index (χ0n) is 25.2. The molecule has 1 aromatic heterocycles. The Hall–Kier alpha value is -4.16. The fraction of sp³-hybridized carbons (Fsp3) is 0.471. The highest BCUT2D eigenvalue weighted by molar-refractivity contribution is 5.97. The van der Waals surface area contributed by atoms with Crippen molar-refractivity contribution in [2.75, 3.05) is 49.1 Å². The van der Waals surface area contributed by atoms with Gasteiger partial charge in [-0.25, -0.2) is 6.57 Å². The first-order valence-electron chi connectivity index (χ1n) is 15.4. The maximum atomic E-state index is 12.6. The van der Waals surface area contributed by atoms with Gasteiger partial charge in [0.05, 0.1) is 24.9 Å². The fourth-order valence-electron chi connectivity index (χ4n) is 6.42. The van der Waals surface area contributed by atoms with Crippen molar-refractivity contribution in [3.63, 3.8) is 0 Å². The minimum Gasteiger partial charge on any atom is -0.458 e. The molecule has 3 aliphatic rings. The predicted octanol–water partition coefficient (Wildman–Crippen LogP) is 4.96. The Balaban J connectivity index is 1.32. The highest BCUT2D eigenvalue weighted by Gasteiger charge is 2.35. The third-order valence-corrected chi connectivity index (χ3v) is 8.92. The normalized spacial score (nSPS) is 19.4. The Morgan fingerprint density at radius 3 is 2.72 bits per heavy atom. The number of rotatable bonds is 9. The van der Waals surface area contributed by atoms with Crippen LogP contribution in [0.1, 0.15) is 43.0 Å². The summed E-state index contributed by atoms with van der Waals surface area (Å²) in [6.07, 6.45) is 5.71. The maximum absolute atomic E-state index is 12.6. The molecular formula is C34H40N6O3. The molecule has 3 heterocycles. The van der Waals surface area contributed by atoms with Crippen LogP contribution < -0.4 is 14.5 Å². The molecule has 1 saturated heterocycles. The number of hydrogen-bond donors (Lipinski definition) is 0. The van der Waals surface area contributed by atoms with Gasteiger partial charge in [-0.15, -0.1) is 0 Å². The summed E-state index contributed by atoms with van der Waals surface area (Å²) in [6, 6.07) is 13.0. The van der Waals surface area contributed by atoms with Crippen LogP contribution in [-0.4, -0.2) is 78.4 Å². The molecule has 0 bridgehead atoms. The summed E-state index contributed by atoms with van der Waals surface area (Å²) in [5, 5.41) is 2.50. The van der Waals surface area contributed by atoms with Crippen molar-refractivity contribution >= 4 is 28.2 Å². The van der Waals surface area contributed by atoms with E-state index in [1.54, 1.807) is 4.90 Å². The number of carbonyl (C=O) groups is 1. The van der Waals surface area contributed by atoms with E-state index in [4.69, 9.17) is 26.0 Å². The smallest absolute Gasteiger partial charge is 0.319 e. The second-order valence-corrected chi connectivity index (χ2v) is 11.9. The van der Waals surface area contributed by atoms with Gasteiger partial charge in [0.15, 0.2) is 0 Å². The van der Waals surface area contributed by atoms with Crippen LogP contribution in [0.3, 0.4) is 0 Å². The molecule has 9 nitrogen and oxygen atoms in total. The van der Waals surface area contributed by atoms with Gasteiger partial charge in [0.25, 0.3) is 0 Å². The van der Waals surface area contributed by atoms with Gasteiger partial charge in [-0.1, -0.05) is 36.9 Å². The van der Waals surface area contributed by atoms with Crippen LogP contribution >= 0.6 is 0 Å². The summed E-state index contributed by atoms with van der Waals surface area (Å²) in [5.41, 5.74) is 4.53. The quantitative estimate of drug-likeness (QED) is 0.262. The Kier molecular flexibility index (Phi) is 8.48. The number of nitrogens with zero attached hydrogens (tertiary/aromatic N) is 6. The summed E-state index contributed by atoms with van der Waals surface area (Å²) in [6.45, 7) is 19.2. The number of piperazine rings is 1. The van der Waals surface area contributed by atoms with Gasteiger partial charge in [-0.2, -0.15) is 9.97 Å². The zero-order valence-corrected chi connectivity index (χ0v) is 25.2. The molecule has 43 heavy (non-hydrogen) atoms. The molecule has 9 heteroatoms. The number of fused-ring (bicyclic) bond motifs is 2. The van der Waals surface area contributed by atoms with Crippen molar-refractivity contribution < 1.29 is 14.3 Å². The van der Waals surface area contributed by atoms with E-state index in [2.05, 4.69) is 64.5 Å². The van der Waals surface area contributed by atoms with E-state index >= 15 is 0 Å². The van der Waals surface area contributed by atoms with Crippen LogP contribution in [0, 0.1) is 13.5 Å². The number of anilines is 2. The Bertz CT molecular complexity index is 1540. The largest absolute Gasteiger partial charge is 0.458 e. The van der Waals surface area contributed by atoms with Gasteiger partial charge in [0.2, 0.25) is 12.5 Å². The third-order valence-electron chi connectivity index (χ3n) is 8.92. The number of aryl methyl sites for hydroxylation is 1. The molecule has 224 valence electrons. The van der Waals surface area contributed by atoms with Gasteiger partial charge < -0.3 is 29.0 Å². The van der Waals surface area contributed by atoms with Crippen LogP contribution in [0.25, 0.3) is 15.6 Å². The molecule has 0 N–H and O–H groups in total. The zero-order chi connectivity index (χ0) is 29.9. The van der Waals surface area contributed by atoms with Crippen molar-refractivity contribution in [2.45, 2.75) is 64.3 Å². The van der Waals surface area contributed by atoms with Crippen LogP contribution in [0.4, 0.5) is 11.5 Å². The third kappa shape index (κ3) is 6.02. The van der Waals surface area contributed by atoms with E-state index in [9.17, 15) is 4.79 Å². The predicted molar refractivity (Wildman–Crippen MR) is 169 cm³/mol. The lowest BCUT2D eigenvalue weighted by Gasteiger charge is -2.41. The molecule has 1 amide bonds. The number of carbonyl (C=O) groups excluding carboxylic acids is 1. The molecule has 2 aliphatic heterocycles.